The maximum atomic E-state index is 11.9. The topological polar surface area (TPSA) is 86.7 Å². The first-order valence-corrected chi connectivity index (χ1v) is 7.19. The van der Waals surface area contributed by atoms with Gasteiger partial charge in [0.2, 0.25) is 11.8 Å². The predicted molar refractivity (Wildman–Crippen MR) is 75.0 cm³/mol. The molecule has 0 heterocycles. The van der Waals surface area contributed by atoms with Crippen LogP contribution in [0.4, 0.5) is 0 Å². The second-order valence-corrected chi connectivity index (χ2v) is 5.85. The van der Waals surface area contributed by atoms with Gasteiger partial charge in [-0.15, -0.1) is 11.8 Å². The van der Waals surface area contributed by atoms with E-state index in [0.29, 0.717) is 6.42 Å². The van der Waals surface area contributed by atoms with Crippen LogP contribution in [0, 0.1) is 5.92 Å². The molecule has 0 saturated heterocycles. The maximum absolute atomic E-state index is 11.9. The van der Waals surface area contributed by atoms with Gasteiger partial charge in [-0.2, -0.15) is 0 Å². The van der Waals surface area contributed by atoms with E-state index in [-0.39, 0.29) is 29.2 Å². The number of carbonyl (C=O) groups is 3. The maximum Gasteiger partial charge on any atom is 0.313 e. The molecule has 2 N–H and O–H groups in total. The monoisotopic (exact) mass is 290 g/mol. The molecule has 0 aliphatic carbocycles. The van der Waals surface area contributed by atoms with Crippen LogP contribution < -0.4 is 5.32 Å². The van der Waals surface area contributed by atoms with Crippen molar-refractivity contribution < 1.29 is 19.5 Å². The summed E-state index contributed by atoms with van der Waals surface area (Å²) in [5, 5.41) is 11.1. The van der Waals surface area contributed by atoms with Crippen LogP contribution in [0.3, 0.4) is 0 Å². The molecule has 0 radical (unpaired) electrons. The van der Waals surface area contributed by atoms with E-state index in [9.17, 15) is 14.4 Å². The van der Waals surface area contributed by atoms with Crippen LogP contribution in [0.2, 0.25) is 0 Å². The van der Waals surface area contributed by atoms with Crippen LogP contribution in [0.1, 0.15) is 20.3 Å². The van der Waals surface area contributed by atoms with Crippen molar-refractivity contribution in [3.05, 3.63) is 0 Å². The van der Waals surface area contributed by atoms with Crippen LogP contribution in [-0.2, 0) is 14.4 Å². The first-order valence-electron chi connectivity index (χ1n) is 6.04. The second kappa shape index (κ2) is 8.79. The summed E-state index contributed by atoms with van der Waals surface area (Å²) in [4.78, 5) is 35.3. The van der Waals surface area contributed by atoms with Crippen molar-refractivity contribution in [1.82, 2.24) is 10.2 Å². The number of thioether (sulfide) groups is 1. The van der Waals surface area contributed by atoms with Crippen LogP contribution in [0.25, 0.3) is 0 Å². The summed E-state index contributed by atoms with van der Waals surface area (Å²) in [7, 11) is 3.28. The summed E-state index contributed by atoms with van der Waals surface area (Å²) in [5.41, 5.74) is 0. The van der Waals surface area contributed by atoms with Gasteiger partial charge in [0, 0.05) is 14.1 Å². The molecule has 1 atom stereocenters. The smallest absolute Gasteiger partial charge is 0.313 e. The average Bonchev–Trinajstić information content (AvgIpc) is 2.25. The Kier molecular flexibility index (Phi) is 8.22. The van der Waals surface area contributed by atoms with E-state index in [2.05, 4.69) is 5.32 Å². The summed E-state index contributed by atoms with van der Waals surface area (Å²) in [6.07, 6.45) is 0.562. The highest BCUT2D eigenvalue weighted by atomic mass is 32.2. The quantitative estimate of drug-likeness (QED) is 0.676. The van der Waals surface area contributed by atoms with Crippen molar-refractivity contribution in [2.45, 2.75) is 26.3 Å². The molecule has 6 nitrogen and oxygen atoms in total. The Bertz CT molecular complexity index is 332. The number of amides is 2. The zero-order chi connectivity index (χ0) is 15.0. The van der Waals surface area contributed by atoms with Crippen molar-refractivity contribution >= 4 is 29.5 Å². The Balaban J connectivity index is 4.34. The van der Waals surface area contributed by atoms with Crippen LogP contribution in [-0.4, -0.2) is 59.4 Å². The number of aliphatic carboxylic acids is 1. The van der Waals surface area contributed by atoms with E-state index in [0.717, 1.165) is 11.8 Å². The first-order chi connectivity index (χ1) is 8.73. The van der Waals surface area contributed by atoms with E-state index in [1.165, 1.54) is 4.90 Å². The van der Waals surface area contributed by atoms with Crippen molar-refractivity contribution in [3.8, 4) is 0 Å². The average molecular weight is 290 g/mol. The Morgan fingerprint density at radius 1 is 1.21 bits per heavy atom. The normalized spacial score (nSPS) is 12.1. The molecule has 0 aliphatic heterocycles. The highest BCUT2D eigenvalue weighted by molar-refractivity contribution is 8.00. The number of nitrogens with one attached hydrogen (secondary N) is 1. The lowest BCUT2D eigenvalue weighted by Crippen LogP contribution is -2.47. The van der Waals surface area contributed by atoms with Crippen LogP contribution in [0.5, 0.6) is 0 Å². The van der Waals surface area contributed by atoms with Crippen molar-refractivity contribution in [2.24, 2.45) is 5.92 Å². The molecule has 0 aliphatic rings. The number of likely N-dealkylation sites (N-methyl/N-ethyl adjacent to an activating group) is 1. The van der Waals surface area contributed by atoms with Crippen molar-refractivity contribution in [2.75, 3.05) is 25.6 Å². The fourth-order valence-electron chi connectivity index (χ4n) is 1.47. The lowest BCUT2D eigenvalue weighted by atomic mass is 10.0. The van der Waals surface area contributed by atoms with Gasteiger partial charge in [0.25, 0.3) is 0 Å². The standard InChI is InChI=1S/C12H22N2O4S/c1-8(2)5-9(12(18)14(3)4)13-10(15)6-19-7-11(16)17/h8-9H,5-7H2,1-4H3,(H,13,15)(H,16,17). The molecule has 0 bridgehead atoms. The molecular weight excluding hydrogens is 268 g/mol. The van der Waals surface area contributed by atoms with Gasteiger partial charge in [-0.05, 0) is 12.3 Å². The first kappa shape index (κ1) is 17.8. The molecule has 0 aromatic carbocycles. The minimum absolute atomic E-state index is 0.0433. The van der Waals surface area contributed by atoms with Gasteiger partial charge in [0.05, 0.1) is 11.5 Å². The third-order valence-corrected chi connectivity index (χ3v) is 3.16. The van der Waals surface area contributed by atoms with Gasteiger partial charge >= 0.3 is 5.97 Å². The molecule has 19 heavy (non-hydrogen) atoms. The molecule has 110 valence electrons. The Labute approximate surface area is 117 Å². The number of carbonyl (C=O) groups excluding carboxylic acids is 2. The van der Waals surface area contributed by atoms with Gasteiger partial charge in [0.15, 0.2) is 0 Å². The third-order valence-electron chi connectivity index (χ3n) is 2.24. The molecule has 0 aromatic heterocycles. The van der Waals surface area contributed by atoms with E-state index in [1.807, 2.05) is 13.8 Å². The summed E-state index contributed by atoms with van der Waals surface area (Å²) < 4.78 is 0. The Morgan fingerprint density at radius 3 is 2.21 bits per heavy atom. The molecule has 0 aromatic rings. The van der Waals surface area contributed by atoms with Gasteiger partial charge < -0.3 is 15.3 Å². The summed E-state index contributed by atoms with van der Waals surface area (Å²) in [6.45, 7) is 3.95. The van der Waals surface area contributed by atoms with Gasteiger partial charge in [-0.3, -0.25) is 14.4 Å². The van der Waals surface area contributed by atoms with Crippen LogP contribution >= 0.6 is 11.8 Å². The van der Waals surface area contributed by atoms with Crippen molar-refractivity contribution in [1.29, 1.82) is 0 Å². The highest BCUT2D eigenvalue weighted by Crippen LogP contribution is 2.08. The van der Waals surface area contributed by atoms with E-state index in [1.54, 1.807) is 14.1 Å². The Morgan fingerprint density at radius 2 is 1.79 bits per heavy atom. The van der Waals surface area contributed by atoms with Gasteiger partial charge in [0.1, 0.15) is 6.04 Å². The third kappa shape index (κ3) is 8.47. The lowest BCUT2D eigenvalue weighted by Gasteiger charge is -2.23. The zero-order valence-corrected chi connectivity index (χ0v) is 12.6. The molecule has 0 spiro atoms. The number of rotatable bonds is 8. The van der Waals surface area contributed by atoms with Crippen LogP contribution in [0.15, 0.2) is 0 Å². The molecule has 2 amide bonds. The molecule has 7 heteroatoms. The number of nitrogens with zero attached hydrogens (tertiary/aromatic N) is 1. The molecule has 1 unspecified atom stereocenters. The second-order valence-electron chi connectivity index (χ2n) is 4.87. The molecular formula is C12H22N2O4S. The minimum atomic E-state index is -0.958. The fourth-order valence-corrected chi connectivity index (χ4v) is 2.02. The molecule has 0 fully saturated rings. The predicted octanol–water partition coefficient (Wildman–Crippen LogP) is 0.423. The fraction of sp³-hybridized carbons (Fsp3) is 0.750. The highest BCUT2D eigenvalue weighted by Gasteiger charge is 2.23. The molecule has 0 rings (SSSR count). The van der Waals surface area contributed by atoms with Crippen molar-refractivity contribution in [3.63, 3.8) is 0 Å². The zero-order valence-electron chi connectivity index (χ0n) is 11.8. The lowest BCUT2D eigenvalue weighted by molar-refractivity contribution is -0.134. The van der Waals surface area contributed by atoms with Gasteiger partial charge in [-0.1, -0.05) is 13.8 Å². The number of carboxylic acids is 1. The summed E-state index contributed by atoms with van der Waals surface area (Å²) in [5.74, 6) is -1.22. The van der Waals surface area contributed by atoms with E-state index >= 15 is 0 Å². The number of hydrogen-bond donors (Lipinski definition) is 2. The largest absolute Gasteiger partial charge is 0.481 e. The minimum Gasteiger partial charge on any atom is -0.481 e. The van der Waals surface area contributed by atoms with E-state index in [4.69, 9.17) is 5.11 Å². The SMILES string of the molecule is CC(C)CC(NC(=O)CSCC(=O)O)C(=O)N(C)C. The summed E-state index contributed by atoms with van der Waals surface area (Å²) in [6, 6.07) is -0.548. The van der Waals surface area contributed by atoms with Gasteiger partial charge in [-0.25, -0.2) is 0 Å². The Hall–Kier alpha value is -1.24. The molecule has 0 saturated carbocycles. The number of carboxylic acid groups (broad SMARTS) is 1. The van der Waals surface area contributed by atoms with E-state index < -0.39 is 12.0 Å². The number of hydrogen-bond acceptors (Lipinski definition) is 4. The summed E-state index contributed by atoms with van der Waals surface area (Å²) >= 11 is 1.01.